The van der Waals surface area contributed by atoms with Gasteiger partial charge in [-0.15, -0.1) is 0 Å². The average Bonchev–Trinajstić information content (AvgIpc) is 2.69. The van der Waals surface area contributed by atoms with Crippen LogP contribution in [-0.4, -0.2) is 42.1 Å². The van der Waals surface area contributed by atoms with E-state index in [4.69, 9.17) is 0 Å². The van der Waals surface area contributed by atoms with E-state index in [1.165, 1.54) is 0 Å². The Labute approximate surface area is 169 Å². The second-order valence-corrected chi connectivity index (χ2v) is 6.85. The smallest absolute Gasteiger partial charge is 0.274 e. The first kappa shape index (κ1) is 21.7. The van der Waals surface area contributed by atoms with Gasteiger partial charge in [-0.1, -0.05) is 13.8 Å². The molecule has 1 N–H and O–H groups in total. The first-order valence-corrected chi connectivity index (χ1v) is 10.3. The van der Waals surface area contributed by atoms with Gasteiger partial charge in [0.15, 0.2) is 0 Å². The summed E-state index contributed by atoms with van der Waals surface area (Å²) in [5.41, 5.74) is 3.10. The van der Waals surface area contributed by atoms with Crippen LogP contribution in [0.15, 0.2) is 30.3 Å². The van der Waals surface area contributed by atoms with Gasteiger partial charge in [-0.05, 0) is 63.9 Å². The lowest BCUT2D eigenvalue weighted by molar-refractivity contribution is 0.102. The van der Waals surface area contributed by atoms with Crippen molar-refractivity contribution >= 4 is 23.2 Å². The number of aryl methyl sites for hydroxylation is 1. The number of hydrogen-bond acceptors (Lipinski definition) is 5. The molecule has 1 amide bonds. The number of aromatic nitrogens is 2. The highest BCUT2D eigenvalue weighted by atomic mass is 16.1. The zero-order chi connectivity index (χ0) is 20.5. The number of anilines is 3. The molecule has 2 aromatic rings. The van der Waals surface area contributed by atoms with E-state index in [0.717, 1.165) is 56.1 Å². The van der Waals surface area contributed by atoms with Crippen molar-refractivity contribution < 1.29 is 4.79 Å². The minimum atomic E-state index is -0.213. The minimum absolute atomic E-state index is 0.213. The summed E-state index contributed by atoms with van der Waals surface area (Å²) in [7, 11) is 0. The number of carbonyl (C=O) groups is 1. The van der Waals surface area contributed by atoms with Crippen molar-refractivity contribution in [1.29, 1.82) is 0 Å². The molecule has 0 saturated heterocycles. The van der Waals surface area contributed by atoms with Gasteiger partial charge in [0.05, 0.1) is 0 Å². The molecule has 0 spiro atoms. The Morgan fingerprint density at radius 2 is 1.54 bits per heavy atom. The van der Waals surface area contributed by atoms with Crippen molar-refractivity contribution in [2.45, 2.75) is 47.5 Å². The van der Waals surface area contributed by atoms with E-state index >= 15 is 0 Å². The molecule has 152 valence electrons. The molecule has 0 aliphatic rings. The minimum Gasteiger partial charge on any atom is -0.372 e. The summed E-state index contributed by atoms with van der Waals surface area (Å²) < 4.78 is 0. The molecule has 6 heteroatoms. The predicted octanol–water partition coefficient (Wildman–Crippen LogP) is 4.51. The van der Waals surface area contributed by atoms with Crippen molar-refractivity contribution in [2.24, 2.45) is 0 Å². The summed E-state index contributed by atoms with van der Waals surface area (Å²) in [5.74, 6) is 0.418. The second kappa shape index (κ2) is 10.6. The number of rotatable bonds is 10. The first-order valence-electron chi connectivity index (χ1n) is 10.3. The maximum Gasteiger partial charge on any atom is 0.274 e. The van der Waals surface area contributed by atoms with Crippen LogP contribution in [0.25, 0.3) is 0 Å². The first-order chi connectivity index (χ1) is 13.5. The Morgan fingerprint density at radius 3 is 2.07 bits per heavy atom. The van der Waals surface area contributed by atoms with E-state index in [0.29, 0.717) is 11.6 Å². The topological polar surface area (TPSA) is 61.4 Å². The van der Waals surface area contributed by atoms with Gasteiger partial charge >= 0.3 is 0 Å². The number of nitrogens with zero attached hydrogens (tertiary/aromatic N) is 4. The monoisotopic (exact) mass is 383 g/mol. The van der Waals surface area contributed by atoms with E-state index in [2.05, 4.69) is 52.8 Å². The number of amides is 1. The maximum absolute atomic E-state index is 12.8. The van der Waals surface area contributed by atoms with Crippen molar-refractivity contribution in [2.75, 3.05) is 41.3 Å². The van der Waals surface area contributed by atoms with Crippen LogP contribution in [0.1, 0.15) is 56.7 Å². The molecule has 0 fully saturated rings. The third kappa shape index (κ3) is 5.68. The number of nitrogens with one attached hydrogen (secondary N) is 1. The summed E-state index contributed by atoms with van der Waals surface area (Å²) in [6.07, 6.45) is 2.02. The zero-order valence-corrected chi connectivity index (χ0v) is 17.8. The fraction of sp³-hybridized carbons (Fsp3) is 0.500. The highest BCUT2D eigenvalue weighted by molar-refractivity contribution is 6.03. The summed E-state index contributed by atoms with van der Waals surface area (Å²) >= 11 is 0. The van der Waals surface area contributed by atoms with Gasteiger partial charge in [0.25, 0.3) is 5.91 Å². The quantitative estimate of drug-likeness (QED) is 0.654. The van der Waals surface area contributed by atoms with E-state index in [9.17, 15) is 4.79 Å². The van der Waals surface area contributed by atoms with Crippen LogP contribution in [0.5, 0.6) is 0 Å². The third-order valence-corrected chi connectivity index (χ3v) is 4.60. The summed E-state index contributed by atoms with van der Waals surface area (Å²) in [4.78, 5) is 26.2. The van der Waals surface area contributed by atoms with E-state index in [1.807, 2.05) is 31.2 Å². The predicted molar refractivity (Wildman–Crippen MR) is 118 cm³/mol. The van der Waals surface area contributed by atoms with Gasteiger partial charge in [-0.2, -0.15) is 0 Å². The molecular weight excluding hydrogens is 350 g/mol. The molecular formula is C22H33N5O. The molecule has 0 bridgehead atoms. The van der Waals surface area contributed by atoms with Crippen LogP contribution in [0, 0.1) is 6.92 Å². The second-order valence-electron chi connectivity index (χ2n) is 6.85. The molecule has 6 nitrogen and oxygen atoms in total. The largest absolute Gasteiger partial charge is 0.372 e. The highest BCUT2D eigenvalue weighted by Gasteiger charge is 2.15. The summed E-state index contributed by atoms with van der Waals surface area (Å²) in [5, 5.41) is 2.95. The fourth-order valence-electron chi connectivity index (χ4n) is 3.20. The molecule has 2 rings (SSSR count). The summed E-state index contributed by atoms with van der Waals surface area (Å²) in [6, 6.07) is 9.66. The van der Waals surface area contributed by atoms with Gasteiger partial charge in [-0.25, -0.2) is 9.97 Å². The molecule has 0 atom stereocenters. The lowest BCUT2D eigenvalue weighted by atomic mass is 10.2. The van der Waals surface area contributed by atoms with Crippen LogP contribution in [0.4, 0.5) is 17.3 Å². The SMILES string of the molecule is CCCN(CCC)c1nc(C)cc(C(=O)Nc2ccc(N(CC)CC)cc2)n1. The zero-order valence-electron chi connectivity index (χ0n) is 17.8. The molecule has 28 heavy (non-hydrogen) atoms. The van der Waals surface area contributed by atoms with Crippen LogP contribution in [0.2, 0.25) is 0 Å². The standard InChI is InChI=1S/C22H33N5O/c1-6-14-27(15-7-2)22-23-17(5)16-20(25-22)21(28)24-18-10-12-19(13-11-18)26(8-3)9-4/h10-13,16H,6-9,14-15H2,1-5H3,(H,24,28). The Kier molecular flexibility index (Phi) is 8.23. The van der Waals surface area contributed by atoms with Crippen LogP contribution < -0.4 is 15.1 Å². The molecule has 0 radical (unpaired) electrons. The van der Waals surface area contributed by atoms with Crippen molar-refractivity contribution in [3.05, 3.63) is 41.7 Å². The molecule has 0 aliphatic carbocycles. The van der Waals surface area contributed by atoms with E-state index < -0.39 is 0 Å². The third-order valence-electron chi connectivity index (χ3n) is 4.60. The van der Waals surface area contributed by atoms with Gasteiger partial charge in [0, 0.05) is 43.2 Å². The maximum atomic E-state index is 12.8. The van der Waals surface area contributed by atoms with Crippen molar-refractivity contribution in [1.82, 2.24) is 9.97 Å². The molecule has 0 aliphatic heterocycles. The van der Waals surface area contributed by atoms with Gasteiger partial charge in [-0.3, -0.25) is 4.79 Å². The Morgan fingerprint density at radius 1 is 0.929 bits per heavy atom. The van der Waals surface area contributed by atoms with E-state index in [-0.39, 0.29) is 5.91 Å². The Bertz CT molecular complexity index is 750. The molecule has 0 saturated carbocycles. The molecule has 1 aromatic carbocycles. The average molecular weight is 384 g/mol. The molecule has 1 aromatic heterocycles. The normalized spacial score (nSPS) is 10.6. The molecule has 0 unspecified atom stereocenters. The van der Waals surface area contributed by atoms with Gasteiger partial charge in [0.2, 0.25) is 5.95 Å². The lowest BCUT2D eigenvalue weighted by Gasteiger charge is -2.22. The van der Waals surface area contributed by atoms with Crippen LogP contribution in [0.3, 0.4) is 0 Å². The number of carbonyl (C=O) groups excluding carboxylic acids is 1. The van der Waals surface area contributed by atoms with Crippen LogP contribution in [-0.2, 0) is 0 Å². The summed E-state index contributed by atoms with van der Waals surface area (Å²) in [6.45, 7) is 14.1. The van der Waals surface area contributed by atoms with Crippen molar-refractivity contribution in [3.8, 4) is 0 Å². The van der Waals surface area contributed by atoms with Crippen molar-refractivity contribution in [3.63, 3.8) is 0 Å². The lowest BCUT2D eigenvalue weighted by Crippen LogP contribution is -2.28. The fourth-order valence-corrected chi connectivity index (χ4v) is 3.20. The van der Waals surface area contributed by atoms with E-state index in [1.54, 1.807) is 6.07 Å². The Hall–Kier alpha value is -2.63. The number of hydrogen-bond donors (Lipinski definition) is 1. The van der Waals surface area contributed by atoms with Gasteiger partial charge in [0.1, 0.15) is 5.69 Å². The number of benzene rings is 1. The Balaban J connectivity index is 2.17. The highest BCUT2D eigenvalue weighted by Crippen LogP contribution is 2.19. The van der Waals surface area contributed by atoms with Gasteiger partial charge < -0.3 is 15.1 Å². The molecule has 1 heterocycles. The van der Waals surface area contributed by atoms with Crippen LogP contribution >= 0.6 is 0 Å².